The van der Waals surface area contributed by atoms with Crippen molar-refractivity contribution < 1.29 is 4.79 Å². The lowest BCUT2D eigenvalue weighted by atomic mass is 10.1. The number of carbonyl (C=O) groups excluding carboxylic acids is 1. The summed E-state index contributed by atoms with van der Waals surface area (Å²) in [5.74, 6) is 0.0818. The number of nitrogens with one attached hydrogen (secondary N) is 1. The minimum absolute atomic E-state index is 0.0818. The third-order valence-electron chi connectivity index (χ3n) is 3.06. The van der Waals surface area contributed by atoms with Crippen LogP contribution in [-0.4, -0.2) is 12.5 Å². The zero-order valence-corrected chi connectivity index (χ0v) is 11.2. The molecule has 2 aromatic carbocycles. The molecule has 2 heteroatoms. The Bertz CT molecular complexity index is 517. The Morgan fingerprint density at radius 3 is 2.32 bits per heavy atom. The molecule has 0 saturated carbocycles. The Kier molecular flexibility index (Phi) is 4.73. The predicted molar refractivity (Wildman–Crippen MR) is 78.0 cm³/mol. The third kappa shape index (κ3) is 4.59. The van der Waals surface area contributed by atoms with E-state index < -0.39 is 0 Å². The van der Waals surface area contributed by atoms with Crippen LogP contribution in [0.4, 0.5) is 0 Å². The van der Waals surface area contributed by atoms with Crippen LogP contribution in [0.2, 0.25) is 0 Å². The lowest BCUT2D eigenvalue weighted by molar-refractivity contribution is -0.120. The van der Waals surface area contributed by atoms with Crippen LogP contribution < -0.4 is 5.32 Å². The highest BCUT2D eigenvalue weighted by molar-refractivity contribution is 5.78. The molecule has 0 atom stereocenters. The van der Waals surface area contributed by atoms with E-state index in [1.807, 2.05) is 30.3 Å². The van der Waals surface area contributed by atoms with Crippen molar-refractivity contribution in [3.63, 3.8) is 0 Å². The molecule has 0 spiro atoms. The summed E-state index contributed by atoms with van der Waals surface area (Å²) in [5, 5.41) is 2.96. The Labute approximate surface area is 114 Å². The van der Waals surface area contributed by atoms with Gasteiger partial charge in [-0.3, -0.25) is 4.79 Å². The number of rotatable bonds is 5. The van der Waals surface area contributed by atoms with E-state index in [1.54, 1.807) is 0 Å². The molecule has 0 aliphatic carbocycles. The Morgan fingerprint density at radius 2 is 1.63 bits per heavy atom. The molecule has 0 aliphatic rings. The van der Waals surface area contributed by atoms with Gasteiger partial charge in [-0.2, -0.15) is 0 Å². The smallest absolute Gasteiger partial charge is 0.224 e. The summed E-state index contributed by atoms with van der Waals surface area (Å²) in [4.78, 5) is 11.7. The highest BCUT2D eigenvalue weighted by Gasteiger charge is 2.02. The monoisotopic (exact) mass is 253 g/mol. The summed E-state index contributed by atoms with van der Waals surface area (Å²) in [7, 11) is 0. The van der Waals surface area contributed by atoms with E-state index >= 15 is 0 Å². The van der Waals surface area contributed by atoms with Gasteiger partial charge in [-0.05, 0) is 24.5 Å². The van der Waals surface area contributed by atoms with Crippen LogP contribution in [-0.2, 0) is 17.6 Å². The normalized spacial score (nSPS) is 10.2. The molecule has 98 valence electrons. The van der Waals surface area contributed by atoms with Crippen LogP contribution in [0.15, 0.2) is 54.6 Å². The fourth-order valence-corrected chi connectivity index (χ4v) is 1.94. The molecule has 1 amide bonds. The van der Waals surface area contributed by atoms with Crippen LogP contribution in [0, 0.1) is 6.92 Å². The minimum atomic E-state index is 0.0818. The molecule has 0 fully saturated rings. The lowest BCUT2D eigenvalue weighted by Crippen LogP contribution is -2.27. The topological polar surface area (TPSA) is 29.1 Å². The second kappa shape index (κ2) is 6.74. The number of carbonyl (C=O) groups is 1. The first kappa shape index (κ1) is 13.3. The van der Waals surface area contributed by atoms with Crippen LogP contribution in [0.3, 0.4) is 0 Å². The van der Waals surface area contributed by atoms with Crippen molar-refractivity contribution in [2.24, 2.45) is 0 Å². The summed E-state index contributed by atoms with van der Waals surface area (Å²) < 4.78 is 0. The number of benzene rings is 2. The average Bonchev–Trinajstić information content (AvgIpc) is 2.42. The predicted octanol–water partition coefficient (Wildman–Crippen LogP) is 2.90. The van der Waals surface area contributed by atoms with E-state index in [2.05, 4.69) is 36.5 Å². The molecule has 0 heterocycles. The summed E-state index contributed by atoms with van der Waals surface area (Å²) in [6.07, 6.45) is 1.33. The van der Waals surface area contributed by atoms with E-state index in [9.17, 15) is 4.79 Å². The van der Waals surface area contributed by atoms with Crippen molar-refractivity contribution >= 4 is 5.91 Å². The third-order valence-corrected chi connectivity index (χ3v) is 3.06. The molecule has 0 aliphatic heterocycles. The first-order valence-corrected chi connectivity index (χ1v) is 6.60. The molecule has 0 unspecified atom stereocenters. The molecule has 0 bridgehead atoms. The molecule has 0 aromatic heterocycles. The number of amides is 1. The Hall–Kier alpha value is -2.09. The van der Waals surface area contributed by atoms with E-state index in [-0.39, 0.29) is 5.91 Å². The van der Waals surface area contributed by atoms with Gasteiger partial charge in [-0.25, -0.2) is 0 Å². The van der Waals surface area contributed by atoms with Gasteiger partial charge in [0.2, 0.25) is 5.91 Å². The highest BCUT2D eigenvalue weighted by atomic mass is 16.1. The van der Waals surface area contributed by atoms with Gasteiger partial charge >= 0.3 is 0 Å². The number of hydrogen-bond donors (Lipinski definition) is 1. The van der Waals surface area contributed by atoms with Crippen molar-refractivity contribution in [3.05, 3.63) is 71.3 Å². The SMILES string of the molecule is Cc1ccc(CCNC(=O)Cc2ccccc2)cc1. The van der Waals surface area contributed by atoms with Gasteiger partial charge in [-0.1, -0.05) is 60.2 Å². The van der Waals surface area contributed by atoms with Crippen LogP contribution in [0.5, 0.6) is 0 Å². The van der Waals surface area contributed by atoms with Gasteiger partial charge in [0.25, 0.3) is 0 Å². The molecule has 0 radical (unpaired) electrons. The Balaban J connectivity index is 1.74. The van der Waals surface area contributed by atoms with Gasteiger partial charge in [0.15, 0.2) is 0 Å². The zero-order chi connectivity index (χ0) is 13.5. The van der Waals surface area contributed by atoms with Gasteiger partial charge in [0, 0.05) is 6.54 Å². The lowest BCUT2D eigenvalue weighted by Gasteiger charge is -2.06. The van der Waals surface area contributed by atoms with Crippen LogP contribution in [0.1, 0.15) is 16.7 Å². The summed E-state index contributed by atoms with van der Waals surface area (Å²) in [6.45, 7) is 2.76. The average molecular weight is 253 g/mol. The van der Waals surface area contributed by atoms with Gasteiger partial charge in [0.1, 0.15) is 0 Å². The highest BCUT2D eigenvalue weighted by Crippen LogP contribution is 2.03. The van der Waals surface area contributed by atoms with E-state index in [0.717, 1.165) is 12.0 Å². The van der Waals surface area contributed by atoms with E-state index in [4.69, 9.17) is 0 Å². The largest absolute Gasteiger partial charge is 0.355 e. The molecule has 0 saturated heterocycles. The Morgan fingerprint density at radius 1 is 0.947 bits per heavy atom. The van der Waals surface area contributed by atoms with Crippen LogP contribution in [0.25, 0.3) is 0 Å². The maximum absolute atomic E-state index is 11.7. The molecular formula is C17H19NO. The summed E-state index contributed by atoms with van der Waals surface area (Å²) in [6, 6.07) is 18.2. The quantitative estimate of drug-likeness (QED) is 0.872. The summed E-state index contributed by atoms with van der Waals surface area (Å²) in [5.41, 5.74) is 3.57. The second-order valence-electron chi connectivity index (χ2n) is 4.75. The first-order valence-electron chi connectivity index (χ1n) is 6.60. The van der Waals surface area contributed by atoms with Gasteiger partial charge in [0.05, 0.1) is 6.42 Å². The van der Waals surface area contributed by atoms with E-state index in [0.29, 0.717) is 13.0 Å². The molecule has 2 rings (SSSR count). The molecular weight excluding hydrogens is 234 g/mol. The van der Waals surface area contributed by atoms with Crippen molar-refractivity contribution in [1.82, 2.24) is 5.32 Å². The first-order chi connectivity index (χ1) is 9.24. The van der Waals surface area contributed by atoms with Crippen LogP contribution >= 0.6 is 0 Å². The number of aryl methyl sites for hydroxylation is 1. The zero-order valence-electron chi connectivity index (χ0n) is 11.2. The maximum Gasteiger partial charge on any atom is 0.224 e. The standard InChI is InChI=1S/C17H19NO/c1-14-7-9-15(10-8-14)11-12-18-17(19)13-16-5-3-2-4-6-16/h2-10H,11-13H2,1H3,(H,18,19). The van der Waals surface area contributed by atoms with Crippen molar-refractivity contribution in [2.75, 3.05) is 6.54 Å². The van der Waals surface area contributed by atoms with E-state index in [1.165, 1.54) is 11.1 Å². The van der Waals surface area contributed by atoms with Gasteiger partial charge in [-0.15, -0.1) is 0 Å². The molecule has 2 aromatic rings. The molecule has 2 nitrogen and oxygen atoms in total. The fourth-order valence-electron chi connectivity index (χ4n) is 1.94. The van der Waals surface area contributed by atoms with Crippen molar-refractivity contribution in [2.45, 2.75) is 19.8 Å². The number of hydrogen-bond acceptors (Lipinski definition) is 1. The van der Waals surface area contributed by atoms with Crippen molar-refractivity contribution in [1.29, 1.82) is 0 Å². The minimum Gasteiger partial charge on any atom is -0.355 e. The second-order valence-corrected chi connectivity index (χ2v) is 4.75. The van der Waals surface area contributed by atoms with Gasteiger partial charge < -0.3 is 5.32 Å². The van der Waals surface area contributed by atoms with Crippen molar-refractivity contribution in [3.8, 4) is 0 Å². The molecule has 1 N–H and O–H groups in total. The molecule has 19 heavy (non-hydrogen) atoms. The summed E-state index contributed by atoms with van der Waals surface area (Å²) >= 11 is 0. The fraction of sp³-hybridized carbons (Fsp3) is 0.235. The maximum atomic E-state index is 11.7.